The van der Waals surface area contributed by atoms with Gasteiger partial charge in [-0.3, -0.25) is 10.1 Å². The molecule has 98 valence electrons. The van der Waals surface area contributed by atoms with Crippen molar-refractivity contribution in [2.24, 2.45) is 0 Å². The minimum Gasteiger partial charge on any atom is -0.491 e. The Morgan fingerprint density at radius 2 is 2.28 bits per heavy atom. The normalized spacial score (nSPS) is 23.0. The Labute approximate surface area is 111 Å². The van der Waals surface area contributed by atoms with Crippen LogP contribution >= 0.6 is 11.8 Å². The number of aryl methyl sites for hydroxylation is 2. The molecule has 2 atom stereocenters. The van der Waals surface area contributed by atoms with E-state index in [1.807, 2.05) is 25.1 Å². The molecule has 1 aliphatic rings. The number of thioether (sulfide) groups is 1. The lowest BCUT2D eigenvalue weighted by Crippen LogP contribution is -2.38. The van der Waals surface area contributed by atoms with Crippen molar-refractivity contribution in [2.45, 2.75) is 25.3 Å². The third kappa shape index (κ3) is 3.17. The summed E-state index contributed by atoms with van der Waals surface area (Å²) in [6, 6.07) is 5.52. The number of hydrogen-bond donors (Lipinski definition) is 2. The van der Waals surface area contributed by atoms with Crippen molar-refractivity contribution in [3.05, 3.63) is 29.3 Å². The SMILES string of the molecule is Cc1ccc(OCC2NC(C(=O)O)CS2)cc1C. The molecule has 5 heteroatoms. The Kier molecular flexibility index (Phi) is 4.14. The maximum Gasteiger partial charge on any atom is 0.321 e. The molecule has 0 saturated carbocycles. The third-order valence-electron chi connectivity index (χ3n) is 3.03. The minimum absolute atomic E-state index is 0.0488. The highest BCUT2D eigenvalue weighted by molar-refractivity contribution is 8.00. The summed E-state index contributed by atoms with van der Waals surface area (Å²) in [7, 11) is 0. The third-order valence-corrected chi connectivity index (χ3v) is 4.23. The van der Waals surface area contributed by atoms with Crippen molar-refractivity contribution in [1.29, 1.82) is 0 Å². The van der Waals surface area contributed by atoms with Crippen molar-refractivity contribution < 1.29 is 14.6 Å². The first-order valence-corrected chi connectivity index (χ1v) is 6.91. The summed E-state index contributed by atoms with van der Waals surface area (Å²) >= 11 is 1.59. The van der Waals surface area contributed by atoms with Crippen molar-refractivity contribution in [2.75, 3.05) is 12.4 Å². The number of benzene rings is 1. The number of carboxylic acid groups (broad SMARTS) is 1. The summed E-state index contributed by atoms with van der Waals surface area (Å²) in [6.45, 7) is 4.59. The number of aliphatic carboxylic acids is 1. The van der Waals surface area contributed by atoms with Gasteiger partial charge in [-0.15, -0.1) is 11.8 Å². The van der Waals surface area contributed by atoms with Gasteiger partial charge in [-0.25, -0.2) is 0 Å². The molecule has 0 radical (unpaired) electrons. The molecule has 4 nitrogen and oxygen atoms in total. The Morgan fingerprint density at radius 1 is 1.50 bits per heavy atom. The summed E-state index contributed by atoms with van der Waals surface area (Å²) in [6.07, 6.45) is 0. The second-order valence-corrected chi connectivity index (χ2v) is 5.67. The lowest BCUT2D eigenvalue weighted by atomic mass is 10.1. The highest BCUT2D eigenvalue weighted by Crippen LogP contribution is 2.21. The maximum absolute atomic E-state index is 10.8. The van der Waals surface area contributed by atoms with Gasteiger partial charge in [-0.05, 0) is 37.1 Å². The second-order valence-electron chi connectivity index (χ2n) is 4.44. The van der Waals surface area contributed by atoms with E-state index in [0.29, 0.717) is 12.4 Å². The van der Waals surface area contributed by atoms with Crippen LogP contribution in [0.5, 0.6) is 5.75 Å². The maximum atomic E-state index is 10.8. The predicted molar refractivity (Wildman–Crippen MR) is 72.2 cm³/mol. The molecule has 2 N–H and O–H groups in total. The summed E-state index contributed by atoms with van der Waals surface area (Å²) in [5.41, 5.74) is 2.43. The zero-order valence-electron chi connectivity index (χ0n) is 10.5. The van der Waals surface area contributed by atoms with E-state index in [9.17, 15) is 4.79 Å². The molecule has 1 aromatic carbocycles. The Hall–Kier alpha value is -1.20. The van der Waals surface area contributed by atoms with Crippen LogP contribution in [0.15, 0.2) is 18.2 Å². The number of ether oxygens (including phenoxy) is 1. The van der Waals surface area contributed by atoms with Gasteiger partial charge >= 0.3 is 5.97 Å². The average molecular weight is 267 g/mol. The molecule has 2 rings (SSSR count). The quantitative estimate of drug-likeness (QED) is 0.871. The Bertz CT molecular complexity index is 450. The van der Waals surface area contributed by atoms with Gasteiger partial charge in [0.2, 0.25) is 0 Å². The lowest BCUT2D eigenvalue weighted by Gasteiger charge is -2.13. The monoisotopic (exact) mass is 267 g/mol. The lowest BCUT2D eigenvalue weighted by molar-refractivity contribution is -0.138. The van der Waals surface area contributed by atoms with Crippen LogP contribution in [0.4, 0.5) is 0 Å². The standard InChI is InChI=1S/C13H17NO3S/c1-8-3-4-10(5-9(8)2)17-6-12-14-11(7-18-12)13(15)16/h3-5,11-12,14H,6-7H2,1-2H3,(H,15,16). The van der Waals surface area contributed by atoms with Crippen LogP contribution in [0.3, 0.4) is 0 Å². The smallest absolute Gasteiger partial charge is 0.321 e. The van der Waals surface area contributed by atoms with Crippen molar-refractivity contribution in [1.82, 2.24) is 5.32 Å². The van der Waals surface area contributed by atoms with Crippen LogP contribution in [0.25, 0.3) is 0 Å². The topological polar surface area (TPSA) is 58.6 Å². The number of rotatable bonds is 4. The first-order valence-electron chi connectivity index (χ1n) is 5.87. The van der Waals surface area contributed by atoms with Gasteiger partial charge in [0, 0.05) is 5.75 Å². The zero-order valence-corrected chi connectivity index (χ0v) is 11.3. The Balaban J connectivity index is 1.85. The van der Waals surface area contributed by atoms with Crippen molar-refractivity contribution in [3.63, 3.8) is 0 Å². The molecule has 18 heavy (non-hydrogen) atoms. The average Bonchev–Trinajstić information content (AvgIpc) is 2.79. The highest BCUT2D eigenvalue weighted by atomic mass is 32.2. The molecular weight excluding hydrogens is 250 g/mol. The van der Waals surface area contributed by atoms with E-state index in [-0.39, 0.29) is 5.37 Å². The van der Waals surface area contributed by atoms with Crippen LogP contribution in [0, 0.1) is 13.8 Å². The van der Waals surface area contributed by atoms with E-state index >= 15 is 0 Å². The molecule has 0 spiro atoms. The highest BCUT2D eigenvalue weighted by Gasteiger charge is 2.29. The number of carbonyl (C=O) groups is 1. The summed E-state index contributed by atoms with van der Waals surface area (Å²) in [5, 5.41) is 11.9. The molecule has 2 unspecified atom stereocenters. The van der Waals surface area contributed by atoms with Crippen LogP contribution in [0.1, 0.15) is 11.1 Å². The fourth-order valence-electron chi connectivity index (χ4n) is 1.75. The fraction of sp³-hybridized carbons (Fsp3) is 0.462. The molecule has 0 amide bonds. The summed E-state index contributed by atoms with van der Waals surface area (Å²) in [4.78, 5) is 10.8. The van der Waals surface area contributed by atoms with Gasteiger partial charge in [0.05, 0.1) is 5.37 Å². The predicted octanol–water partition coefficient (Wildman–Crippen LogP) is 1.80. The van der Waals surface area contributed by atoms with E-state index in [1.54, 1.807) is 11.8 Å². The zero-order chi connectivity index (χ0) is 13.1. The first kappa shape index (κ1) is 13.2. The first-order chi connectivity index (χ1) is 8.56. The fourth-order valence-corrected chi connectivity index (χ4v) is 2.84. The van der Waals surface area contributed by atoms with Crippen LogP contribution < -0.4 is 10.1 Å². The van der Waals surface area contributed by atoms with Crippen LogP contribution in [0.2, 0.25) is 0 Å². The second kappa shape index (κ2) is 5.63. The molecule has 1 heterocycles. The van der Waals surface area contributed by atoms with Crippen molar-refractivity contribution >= 4 is 17.7 Å². The van der Waals surface area contributed by atoms with Gasteiger partial charge in [-0.1, -0.05) is 6.07 Å². The van der Waals surface area contributed by atoms with E-state index in [1.165, 1.54) is 11.1 Å². The van der Waals surface area contributed by atoms with Crippen LogP contribution in [-0.2, 0) is 4.79 Å². The minimum atomic E-state index is -0.795. The number of hydrogen-bond acceptors (Lipinski definition) is 4. The number of carboxylic acids is 1. The largest absolute Gasteiger partial charge is 0.491 e. The number of nitrogens with one attached hydrogen (secondary N) is 1. The molecule has 1 aromatic rings. The van der Waals surface area contributed by atoms with Gasteiger partial charge in [0.15, 0.2) is 0 Å². The summed E-state index contributed by atoms with van der Waals surface area (Å²) < 4.78 is 5.68. The van der Waals surface area contributed by atoms with Crippen molar-refractivity contribution in [3.8, 4) is 5.75 Å². The molecular formula is C13H17NO3S. The molecule has 1 saturated heterocycles. The molecule has 0 aliphatic carbocycles. The molecule has 0 bridgehead atoms. The van der Waals surface area contributed by atoms with Gasteiger partial charge in [0.25, 0.3) is 0 Å². The van der Waals surface area contributed by atoms with E-state index in [4.69, 9.17) is 9.84 Å². The van der Waals surface area contributed by atoms with Gasteiger partial charge < -0.3 is 9.84 Å². The molecule has 0 aromatic heterocycles. The van der Waals surface area contributed by atoms with E-state index in [2.05, 4.69) is 12.2 Å². The van der Waals surface area contributed by atoms with E-state index < -0.39 is 12.0 Å². The van der Waals surface area contributed by atoms with E-state index in [0.717, 1.165) is 5.75 Å². The van der Waals surface area contributed by atoms with Gasteiger partial charge in [-0.2, -0.15) is 0 Å². The Morgan fingerprint density at radius 3 is 2.89 bits per heavy atom. The molecule has 1 fully saturated rings. The molecule has 1 aliphatic heterocycles. The van der Waals surface area contributed by atoms with Crippen LogP contribution in [-0.4, -0.2) is 34.9 Å². The van der Waals surface area contributed by atoms with Gasteiger partial charge in [0.1, 0.15) is 18.4 Å². The summed E-state index contributed by atoms with van der Waals surface area (Å²) in [5.74, 6) is 0.631.